The van der Waals surface area contributed by atoms with Crippen molar-refractivity contribution in [2.75, 3.05) is 4.90 Å². The molecule has 2 aliphatic heterocycles. The summed E-state index contributed by atoms with van der Waals surface area (Å²) in [4.78, 5) is 10.4. The van der Waals surface area contributed by atoms with Gasteiger partial charge in [-0.1, -0.05) is 134 Å². The van der Waals surface area contributed by atoms with Crippen LogP contribution < -0.4 is 4.90 Å². The molecule has 0 unspecified atom stereocenters. The molecule has 8 aromatic rings. The van der Waals surface area contributed by atoms with Crippen LogP contribution in [0, 0.1) is 0 Å². The minimum Gasteiger partial charge on any atom is -0.309 e. The molecule has 10 rings (SSSR count). The van der Waals surface area contributed by atoms with Crippen LogP contribution in [-0.2, 0) is 5.41 Å². The van der Waals surface area contributed by atoms with Crippen LogP contribution in [0.5, 0.6) is 0 Å². The van der Waals surface area contributed by atoms with E-state index in [0.717, 1.165) is 5.69 Å². The minimum atomic E-state index is -0.133. The highest BCUT2D eigenvalue weighted by Gasteiger charge is 2.36. The van der Waals surface area contributed by atoms with E-state index >= 15 is 0 Å². The number of hydrogen-bond acceptors (Lipinski definition) is 4. The first kappa shape index (κ1) is 30.1. The SMILES string of the molecule is CC1(C)c2ccccc2Sc2c(N(c3ccc4c(c3)c3ccccc3n4-c3ccccc3)c3cccc4c3Sc3ccccc3S4)cccc21. The highest BCUT2D eigenvalue weighted by Crippen LogP contribution is 2.57. The Hall–Kier alpha value is -4.81. The number of fused-ring (bicyclic) bond motifs is 7. The minimum absolute atomic E-state index is 0.133. The van der Waals surface area contributed by atoms with Gasteiger partial charge in [0.15, 0.2) is 0 Å². The molecular formula is C45H32N2S3. The van der Waals surface area contributed by atoms with Gasteiger partial charge in [0.1, 0.15) is 0 Å². The number of benzene rings is 7. The predicted molar refractivity (Wildman–Crippen MR) is 213 cm³/mol. The van der Waals surface area contributed by atoms with Gasteiger partial charge in [0.2, 0.25) is 0 Å². The van der Waals surface area contributed by atoms with E-state index in [4.69, 9.17) is 0 Å². The highest BCUT2D eigenvalue weighted by atomic mass is 32.2. The first-order chi connectivity index (χ1) is 24.6. The lowest BCUT2D eigenvalue weighted by Gasteiger charge is -2.38. The molecule has 0 N–H and O–H groups in total. The van der Waals surface area contributed by atoms with Gasteiger partial charge in [-0.25, -0.2) is 0 Å². The quantitative estimate of drug-likeness (QED) is 0.181. The lowest BCUT2D eigenvalue weighted by molar-refractivity contribution is 0.607. The zero-order valence-electron chi connectivity index (χ0n) is 27.6. The summed E-state index contributed by atoms with van der Waals surface area (Å²) in [6.45, 7) is 4.74. The molecule has 0 saturated heterocycles. The van der Waals surface area contributed by atoms with Crippen LogP contribution in [0.15, 0.2) is 187 Å². The molecule has 2 aliphatic rings. The molecule has 7 aromatic carbocycles. The Labute approximate surface area is 305 Å². The van der Waals surface area contributed by atoms with Crippen molar-refractivity contribution >= 4 is 74.2 Å². The fraction of sp³-hybridized carbons (Fsp3) is 0.0667. The fourth-order valence-corrected chi connectivity index (χ4v) is 11.6. The number of nitrogens with zero attached hydrogens (tertiary/aromatic N) is 2. The topological polar surface area (TPSA) is 8.17 Å². The molecule has 50 heavy (non-hydrogen) atoms. The highest BCUT2D eigenvalue weighted by molar-refractivity contribution is 8.05. The summed E-state index contributed by atoms with van der Waals surface area (Å²) in [6, 6.07) is 58.0. The molecule has 2 nitrogen and oxygen atoms in total. The van der Waals surface area contributed by atoms with Crippen molar-refractivity contribution in [3.8, 4) is 5.69 Å². The summed E-state index contributed by atoms with van der Waals surface area (Å²) in [7, 11) is 0. The Morgan fingerprint density at radius 3 is 1.90 bits per heavy atom. The van der Waals surface area contributed by atoms with Crippen LogP contribution in [0.25, 0.3) is 27.5 Å². The number of para-hydroxylation sites is 2. The van der Waals surface area contributed by atoms with E-state index in [1.807, 2.05) is 35.3 Å². The van der Waals surface area contributed by atoms with Gasteiger partial charge in [-0.2, -0.15) is 0 Å². The summed E-state index contributed by atoms with van der Waals surface area (Å²) in [5.41, 5.74) is 9.76. The standard InChI is InChI=1S/C45H32N2S3/c1-45(2)33-17-7-9-22-39(33)49-43-34(45)18-12-20-37(43)47(38-21-13-25-42-44(38)50-41-24-11-10-23-40(41)48-42)30-26-27-36-32(28-30)31-16-6-8-19-35(31)46(36)29-14-4-3-5-15-29/h3-28H,1-2H3. The zero-order valence-corrected chi connectivity index (χ0v) is 30.1. The number of aromatic nitrogens is 1. The first-order valence-corrected chi connectivity index (χ1v) is 19.4. The second-order valence-electron chi connectivity index (χ2n) is 13.4. The number of hydrogen-bond donors (Lipinski definition) is 0. The molecular weight excluding hydrogens is 665 g/mol. The van der Waals surface area contributed by atoms with E-state index in [9.17, 15) is 0 Å². The average Bonchev–Trinajstić information content (AvgIpc) is 3.49. The van der Waals surface area contributed by atoms with Crippen LogP contribution in [0.4, 0.5) is 17.1 Å². The number of anilines is 3. The summed E-state index contributed by atoms with van der Waals surface area (Å²) in [5, 5.41) is 2.49. The molecule has 0 spiro atoms. The Morgan fingerprint density at radius 1 is 0.460 bits per heavy atom. The van der Waals surface area contributed by atoms with Gasteiger partial charge in [-0.15, -0.1) is 0 Å². The fourth-order valence-electron chi connectivity index (χ4n) is 7.70. The van der Waals surface area contributed by atoms with Crippen LogP contribution in [-0.4, -0.2) is 4.57 Å². The third kappa shape index (κ3) is 4.61. The van der Waals surface area contributed by atoms with Gasteiger partial charge in [0.25, 0.3) is 0 Å². The summed E-state index contributed by atoms with van der Waals surface area (Å²) in [6.07, 6.45) is 0. The molecule has 0 saturated carbocycles. The second kappa shape index (κ2) is 11.6. The summed E-state index contributed by atoms with van der Waals surface area (Å²) < 4.78 is 2.40. The molecule has 240 valence electrons. The first-order valence-electron chi connectivity index (χ1n) is 16.9. The van der Waals surface area contributed by atoms with Crippen molar-refractivity contribution in [2.24, 2.45) is 0 Å². The molecule has 0 radical (unpaired) electrons. The molecule has 0 amide bonds. The van der Waals surface area contributed by atoms with Crippen molar-refractivity contribution in [3.63, 3.8) is 0 Å². The molecule has 0 fully saturated rings. The second-order valence-corrected chi connectivity index (χ2v) is 16.5. The molecule has 3 heterocycles. The lowest BCUT2D eigenvalue weighted by atomic mass is 9.77. The van der Waals surface area contributed by atoms with Crippen LogP contribution in [0.1, 0.15) is 25.0 Å². The Kier molecular flexibility index (Phi) is 6.99. The third-order valence-corrected chi connectivity index (χ3v) is 13.9. The lowest BCUT2D eigenvalue weighted by Crippen LogP contribution is -2.25. The van der Waals surface area contributed by atoms with Gasteiger partial charge in [-0.05, 0) is 83.9 Å². The van der Waals surface area contributed by atoms with Crippen LogP contribution in [0.2, 0.25) is 0 Å². The maximum absolute atomic E-state index is 2.53. The Bertz CT molecular complexity index is 2620. The monoisotopic (exact) mass is 696 g/mol. The zero-order chi connectivity index (χ0) is 33.4. The Balaban J connectivity index is 1.24. The smallest absolute Gasteiger partial charge is 0.0613 e. The van der Waals surface area contributed by atoms with Gasteiger partial charge >= 0.3 is 0 Å². The van der Waals surface area contributed by atoms with E-state index in [1.165, 1.54) is 79.4 Å². The van der Waals surface area contributed by atoms with Gasteiger partial charge in [0.05, 0.1) is 27.3 Å². The van der Waals surface area contributed by atoms with E-state index in [-0.39, 0.29) is 5.41 Å². The Morgan fingerprint density at radius 2 is 1.06 bits per heavy atom. The van der Waals surface area contributed by atoms with Crippen molar-refractivity contribution in [1.82, 2.24) is 4.57 Å². The van der Waals surface area contributed by atoms with Crippen LogP contribution in [0.3, 0.4) is 0 Å². The van der Waals surface area contributed by atoms with Gasteiger partial charge in [-0.3, -0.25) is 0 Å². The van der Waals surface area contributed by atoms with Crippen molar-refractivity contribution in [3.05, 3.63) is 169 Å². The largest absolute Gasteiger partial charge is 0.309 e. The molecule has 5 heteroatoms. The normalized spacial score (nSPS) is 14.1. The molecule has 0 aliphatic carbocycles. The third-order valence-electron chi connectivity index (χ3n) is 10.1. The maximum atomic E-state index is 2.53. The van der Waals surface area contributed by atoms with E-state index in [2.05, 4.69) is 181 Å². The average molecular weight is 697 g/mol. The molecule has 0 atom stereocenters. The van der Waals surface area contributed by atoms with Crippen molar-refractivity contribution in [2.45, 2.75) is 48.6 Å². The summed E-state index contributed by atoms with van der Waals surface area (Å²) >= 11 is 5.66. The number of rotatable bonds is 4. The van der Waals surface area contributed by atoms with Crippen LogP contribution >= 0.6 is 35.3 Å². The van der Waals surface area contributed by atoms with Gasteiger partial charge in [0, 0.05) is 52.0 Å². The maximum Gasteiger partial charge on any atom is 0.0613 e. The predicted octanol–water partition coefficient (Wildman–Crippen LogP) is 13.7. The van der Waals surface area contributed by atoms with Crippen molar-refractivity contribution < 1.29 is 0 Å². The van der Waals surface area contributed by atoms with Gasteiger partial charge < -0.3 is 9.47 Å². The van der Waals surface area contributed by atoms with E-state index in [1.54, 1.807) is 0 Å². The van der Waals surface area contributed by atoms with E-state index in [0.29, 0.717) is 0 Å². The van der Waals surface area contributed by atoms with E-state index < -0.39 is 0 Å². The van der Waals surface area contributed by atoms with Crippen molar-refractivity contribution in [1.29, 1.82) is 0 Å². The molecule has 0 bridgehead atoms. The molecule has 1 aromatic heterocycles. The summed E-state index contributed by atoms with van der Waals surface area (Å²) in [5.74, 6) is 0.